The van der Waals surface area contributed by atoms with Crippen LogP contribution in [0, 0.1) is 6.92 Å². The first kappa shape index (κ1) is 14.0. The molecule has 0 saturated heterocycles. The molecule has 0 saturated carbocycles. The molecule has 0 aliphatic heterocycles. The van der Waals surface area contributed by atoms with Crippen molar-refractivity contribution < 1.29 is 9.59 Å². The van der Waals surface area contributed by atoms with E-state index in [9.17, 15) is 9.59 Å². The molecule has 0 amide bonds. The van der Waals surface area contributed by atoms with Crippen LogP contribution in [0.5, 0.6) is 0 Å². The molecule has 96 valence electrons. The van der Waals surface area contributed by atoms with Gasteiger partial charge in [-0.15, -0.1) is 0 Å². The lowest BCUT2D eigenvalue weighted by Crippen LogP contribution is -2.15. The second-order valence-corrected chi connectivity index (χ2v) is 5.38. The summed E-state index contributed by atoms with van der Waals surface area (Å²) in [6, 6.07) is 11.8. The van der Waals surface area contributed by atoms with E-state index in [-0.39, 0.29) is 5.56 Å². The molecule has 2 nitrogen and oxygen atoms in total. The van der Waals surface area contributed by atoms with Gasteiger partial charge in [-0.1, -0.05) is 45.7 Å². The lowest BCUT2D eigenvalue weighted by molar-refractivity contribution is 0.0816. The van der Waals surface area contributed by atoms with Gasteiger partial charge in [0, 0.05) is 15.6 Å². The molecule has 0 N–H and O–H groups in total. The molecule has 2 aromatic carbocycles. The van der Waals surface area contributed by atoms with Gasteiger partial charge in [0.05, 0.1) is 5.02 Å². The van der Waals surface area contributed by atoms with E-state index in [4.69, 9.17) is 11.6 Å². The van der Waals surface area contributed by atoms with E-state index in [0.717, 1.165) is 5.56 Å². The van der Waals surface area contributed by atoms with Crippen molar-refractivity contribution >= 4 is 39.1 Å². The lowest BCUT2D eigenvalue weighted by atomic mass is 10.0. The molecule has 0 aliphatic rings. The van der Waals surface area contributed by atoms with E-state index in [2.05, 4.69) is 15.9 Å². The quantitative estimate of drug-likeness (QED) is 0.611. The molecule has 0 bridgehead atoms. The van der Waals surface area contributed by atoms with Gasteiger partial charge in [0.1, 0.15) is 0 Å². The van der Waals surface area contributed by atoms with E-state index < -0.39 is 11.6 Å². The van der Waals surface area contributed by atoms with Crippen molar-refractivity contribution in [2.75, 3.05) is 0 Å². The van der Waals surface area contributed by atoms with Crippen LogP contribution in [0.3, 0.4) is 0 Å². The van der Waals surface area contributed by atoms with Crippen molar-refractivity contribution in [1.29, 1.82) is 0 Å². The zero-order valence-corrected chi connectivity index (χ0v) is 12.5. The summed E-state index contributed by atoms with van der Waals surface area (Å²) in [4.78, 5) is 24.3. The smallest absolute Gasteiger partial charge is 0.235 e. The fourth-order valence-electron chi connectivity index (χ4n) is 1.69. The second kappa shape index (κ2) is 5.68. The Labute approximate surface area is 124 Å². The van der Waals surface area contributed by atoms with Crippen LogP contribution >= 0.6 is 27.5 Å². The summed E-state index contributed by atoms with van der Waals surface area (Å²) in [5.74, 6) is -1.17. The van der Waals surface area contributed by atoms with E-state index in [1.165, 1.54) is 0 Å². The molecular weight excluding hydrogens is 328 g/mol. The third kappa shape index (κ3) is 2.94. The number of hydrogen-bond acceptors (Lipinski definition) is 2. The molecule has 0 unspecified atom stereocenters. The van der Waals surface area contributed by atoms with Crippen LogP contribution in [0.2, 0.25) is 5.02 Å². The minimum Gasteiger partial charge on any atom is -0.285 e. The molecule has 0 fully saturated rings. The van der Waals surface area contributed by atoms with Gasteiger partial charge in [-0.05, 0) is 36.8 Å². The SMILES string of the molecule is Cc1ccc(C(=O)C(=O)c2ccccc2Br)c(Cl)c1. The van der Waals surface area contributed by atoms with Crippen LogP contribution in [-0.4, -0.2) is 11.6 Å². The number of aryl methyl sites for hydroxylation is 1. The first-order valence-electron chi connectivity index (χ1n) is 5.60. The van der Waals surface area contributed by atoms with Gasteiger partial charge in [0.2, 0.25) is 11.6 Å². The third-order valence-corrected chi connectivity index (χ3v) is 3.70. The number of hydrogen-bond donors (Lipinski definition) is 0. The molecule has 0 aromatic heterocycles. The molecule has 0 spiro atoms. The van der Waals surface area contributed by atoms with Crippen LogP contribution in [0.1, 0.15) is 26.3 Å². The predicted molar refractivity (Wildman–Crippen MR) is 79.0 cm³/mol. The Balaban J connectivity index is 2.40. The number of halogens is 2. The third-order valence-electron chi connectivity index (χ3n) is 2.69. The minimum atomic E-state index is -0.600. The summed E-state index contributed by atoms with van der Waals surface area (Å²) in [7, 11) is 0. The Kier molecular flexibility index (Phi) is 4.17. The van der Waals surface area contributed by atoms with Crippen LogP contribution < -0.4 is 0 Å². The number of carbonyl (C=O) groups excluding carboxylic acids is 2. The van der Waals surface area contributed by atoms with E-state index in [1.54, 1.807) is 42.5 Å². The van der Waals surface area contributed by atoms with Gasteiger partial charge in [0.25, 0.3) is 0 Å². The highest BCUT2D eigenvalue weighted by Gasteiger charge is 2.22. The molecule has 4 heteroatoms. The molecule has 19 heavy (non-hydrogen) atoms. The van der Waals surface area contributed by atoms with Crippen molar-refractivity contribution in [2.45, 2.75) is 6.92 Å². The zero-order valence-electron chi connectivity index (χ0n) is 10.1. The zero-order chi connectivity index (χ0) is 14.0. The molecule has 0 radical (unpaired) electrons. The number of carbonyl (C=O) groups is 2. The number of Topliss-reactive ketones (excluding diaryl/α,β-unsaturated/α-hetero) is 2. The standard InChI is InChI=1S/C15H10BrClO2/c1-9-6-7-11(13(17)8-9)15(19)14(18)10-4-2-3-5-12(10)16/h2-8H,1H3. The summed E-state index contributed by atoms with van der Waals surface area (Å²) in [5, 5.41) is 0.297. The van der Waals surface area contributed by atoms with Crippen LogP contribution in [0.15, 0.2) is 46.9 Å². The van der Waals surface area contributed by atoms with E-state index in [0.29, 0.717) is 15.1 Å². The van der Waals surface area contributed by atoms with E-state index >= 15 is 0 Å². The lowest BCUT2D eigenvalue weighted by Gasteiger charge is -2.05. The first-order valence-corrected chi connectivity index (χ1v) is 6.77. The van der Waals surface area contributed by atoms with Gasteiger partial charge < -0.3 is 0 Å². The maximum Gasteiger partial charge on any atom is 0.235 e. The van der Waals surface area contributed by atoms with Crippen molar-refractivity contribution in [3.8, 4) is 0 Å². The number of benzene rings is 2. The Bertz CT molecular complexity index is 665. The average Bonchev–Trinajstić information content (AvgIpc) is 2.38. The van der Waals surface area contributed by atoms with Crippen molar-refractivity contribution in [1.82, 2.24) is 0 Å². The summed E-state index contributed by atoms with van der Waals surface area (Å²) < 4.78 is 0.594. The molecular formula is C15H10BrClO2. The Hall–Kier alpha value is -1.45. The molecule has 0 aliphatic carbocycles. The normalized spacial score (nSPS) is 10.3. The maximum atomic E-state index is 12.2. The summed E-state index contributed by atoms with van der Waals surface area (Å²) in [5.41, 5.74) is 1.51. The average molecular weight is 338 g/mol. The van der Waals surface area contributed by atoms with Gasteiger partial charge in [-0.25, -0.2) is 0 Å². The van der Waals surface area contributed by atoms with Crippen LogP contribution in [-0.2, 0) is 0 Å². The summed E-state index contributed by atoms with van der Waals surface area (Å²) >= 11 is 9.27. The molecule has 0 atom stereocenters. The number of ketones is 2. The topological polar surface area (TPSA) is 34.1 Å². The van der Waals surface area contributed by atoms with Crippen LogP contribution in [0.4, 0.5) is 0 Å². The molecule has 2 rings (SSSR count). The van der Waals surface area contributed by atoms with Crippen molar-refractivity contribution in [3.05, 3.63) is 68.7 Å². The second-order valence-electron chi connectivity index (χ2n) is 4.12. The van der Waals surface area contributed by atoms with Gasteiger partial charge in [0.15, 0.2) is 0 Å². The first-order chi connectivity index (χ1) is 9.00. The Morgan fingerprint density at radius 1 is 1.00 bits per heavy atom. The fraction of sp³-hybridized carbons (Fsp3) is 0.0667. The van der Waals surface area contributed by atoms with Crippen molar-refractivity contribution in [3.63, 3.8) is 0 Å². The van der Waals surface area contributed by atoms with E-state index in [1.807, 2.05) is 6.92 Å². The Morgan fingerprint density at radius 2 is 1.63 bits per heavy atom. The van der Waals surface area contributed by atoms with Gasteiger partial charge in [-0.2, -0.15) is 0 Å². The van der Waals surface area contributed by atoms with Gasteiger partial charge >= 0.3 is 0 Å². The fourth-order valence-corrected chi connectivity index (χ4v) is 2.48. The highest BCUT2D eigenvalue weighted by Crippen LogP contribution is 2.22. The minimum absolute atomic E-state index is 0.230. The predicted octanol–water partition coefficient (Wildman–Crippen LogP) is 4.48. The molecule has 0 heterocycles. The van der Waals surface area contributed by atoms with Crippen molar-refractivity contribution in [2.24, 2.45) is 0 Å². The monoisotopic (exact) mass is 336 g/mol. The largest absolute Gasteiger partial charge is 0.285 e. The van der Waals surface area contributed by atoms with Gasteiger partial charge in [-0.3, -0.25) is 9.59 Å². The summed E-state index contributed by atoms with van der Waals surface area (Å²) in [6.07, 6.45) is 0. The number of rotatable bonds is 3. The molecule has 2 aromatic rings. The van der Waals surface area contributed by atoms with Crippen LogP contribution in [0.25, 0.3) is 0 Å². The maximum absolute atomic E-state index is 12.2. The highest BCUT2D eigenvalue weighted by atomic mass is 79.9. The highest BCUT2D eigenvalue weighted by molar-refractivity contribution is 9.10. The Morgan fingerprint density at radius 3 is 2.26 bits per heavy atom. The summed E-state index contributed by atoms with van der Waals surface area (Å²) in [6.45, 7) is 1.87.